The Kier molecular flexibility index (Phi) is 4.86. The first-order valence-corrected chi connectivity index (χ1v) is 10.3. The fourth-order valence-corrected chi connectivity index (χ4v) is 5.19. The molecule has 6 nitrogen and oxygen atoms in total. The molecule has 0 N–H and O–H groups in total. The van der Waals surface area contributed by atoms with Crippen molar-refractivity contribution in [3.8, 4) is 0 Å². The Bertz CT molecular complexity index is 690. The van der Waals surface area contributed by atoms with Gasteiger partial charge in [-0.1, -0.05) is 12.8 Å². The molecule has 2 saturated heterocycles. The molecule has 1 aromatic rings. The summed E-state index contributed by atoms with van der Waals surface area (Å²) in [6.07, 6.45) is 4.40. The molecule has 2 aliphatic heterocycles. The third-order valence-electron chi connectivity index (χ3n) is 6.43. The molecule has 142 valence electrons. The minimum absolute atomic E-state index is 0.0417. The number of hydrogen-bond acceptors (Lipinski definition) is 4. The van der Waals surface area contributed by atoms with Gasteiger partial charge in [0.25, 0.3) is 5.91 Å². The number of carbonyl (C=O) groups is 2. The Balaban J connectivity index is 1.53. The molecule has 0 radical (unpaired) electrons. The molecule has 1 aromatic heterocycles. The van der Waals surface area contributed by atoms with Gasteiger partial charge in [0, 0.05) is 44.7 Å². The molecule has 3 fully saturated rings. The normalized spacial score (nSPS) is 26.0. The molecule has 3 aliphatic rings. The van der Waals surface area contributed by atoms with Crippen molar-refractivity contribution in [1.29, 1.82) is 0 Å². The first-order valence-electron chi connectivity index (χ1n) is 9.50. The molecule has 1 atom stereocenters. The third-order valence-corrected chi connectivity index (χ3v) is 6.86. The number of furan rings is 1. The van der Waals surface area contributed by atoms with Crippen LogP contribution >= 0.6 is 15.9 Å². The highest BCUT2D eigenvalue weighted by Crippen LogP contribution is 2.50. The molecule has 0 bridgehead atoms. The number of hydrogen-bond donors (Lipinski definition) is 0. The topological polar surface area (TPSA) is 57.0 Å². The summed E-state index contributed by atoms with van der Waals surface area (Å²) in [5.74, 6) is 0.417. The molecular weight excluding hydrogens is 398 g/mol. The van der Waals surface area contributed by atoms with Gasteiger partial charge in [-0.05, 0) is 48.0 Å². The molecule has 2 amide bonds. The van der Waals surface area contributed by atoms with Crippen LogP contribution in [0.3, 0.4) is 0 Å². The van der Waals surface area contributed by atoms with E-state index < -0.39 is 0 Å². The molecule has 0 aromatic carbocycles. The second-order valence-corrected chi connectivity index (χ2v) is 8.82. The van der Waals surface area contributed by atoms with Gasteiger partial charge >= 0.3 is 0 Å². The number of nitrogens with zero attached hydrogens (tertiary/aromatic N) is 3. The summed E-state index contributed by atoms with van der Waals surface area (Å²) in [5.41, 5.74) is -0.0417. The Hall–Kier alpha value is -1.34. The van der Waals surface area contributed by atoms with E-state index in [0.29, 0.717) is 23.5 Å². The number of likely N-dealkylation sites (tertiary alicyclic amines) is 1. The molecule has 4 rings (SSSR count). The standard InChI is InChI=1S/C19H26BrN3O3/c1-21-8-10-22(11-9-21)17(24)14-12-23(13-19(14)6-2-3-7-19)18(25)15-4-5-16(20)26-15/h4-5,14H,2-3,6-13H2,1H3. The van der Waals surface area contributed by atoms with Gasteiger partial charge < -0.3 is 19.1 Å². The maximum atomic E-state index is 13.3. The Morgan fingerprint density at radius 1 is 1.12 bits per heavy atom. The van der Waals surface area contributed by atoms with E-state index in [4.69, 9.17) is 4.42 Å². The van der Waals surface area contributed by atoms with E-state index in [1.54, 1.807) is 12.1 Å². The number of halogens is 1. The van der Waals surface area contributed by atoms with Crippen LogP contribution in [-0.4, -0.2) is 72.8 Å². The Labute approximate surface area is 162 Å². The van der Waals surface area contributed by atoms with Gasteiger partial charge in [-0.15, -0.1) is 0 Å². The monoisotopic (exact) mass is 423 g/mol. The van der Waals surface area contributed by atoms with Crippen LogP contribution in [0.1, 0.15) is 36.2 Å². The van der Waals surface area contributed by atoms with Gasteiger partial charge in [0.05, 0.1) is 5.92 Å². The average molecular weight is 424 g/mol. The second-order valence-electron chi connectivity index (χ2n) is 8.04. The van der Waals surface area contributed by atoms with E-state index in [1.165, 1.54) is 0 Å². The van der Waals surface area contributed by atoms with Gasteiger partial charge in [0.1, 0.15) is 0 Å². The zero-order valence-corrected chi connectivity index (χ0v) is 16.8. The summed E-state index contributed by atoms with van der Waals surface area (Å²) >= 11 is 3.26. The third kappa shape index (κ3) is 3.20. The minimum atomic E-state index is -0.101. The lowest BCUT2D eigenvalue weighted by Crippen LogP contribution is -2.51. The van der Waals surface area contributed by atoms with Crippen molar-refractivity contribution < 1.29 is 14.0 Å². The van der Waals surface area contributed by atoms with Gasteiger partial charge in [-0.3, -0.25) is 9.59 Å². The number of carbonyl (C=O) groups excluding carboxylic acids is 2. The van der Waals surface area contributed by atoms with Crippen molar-refractivity contribution in [2.75, 3.05) is 46.3 Å². The number of rotatable bonds is 2. The van der Waals surface area contributed by atoms with Crippen molar-refractivity contribution in [2.45, 2.75) is 25.7 Å². The molecule has 26 heavy (non-hydrogen) atoms. The van der Waals surface area contributed by atoms with E-state index in [1.807, 2.05) is 9.80 Å². The van der Waals surface area contributed by atoms with Crippen molar-refractivity contribution in [3.05, 3.63) is 22.6 Å². The molecule has 1 spiro atoms. The SMILES string of the molecule is CN1CCN(C(=O)C2CN(C(=O)c3ccc(Br)o3)CC23CCCC3)CC1. The van der Waals surface area contributed by atoms with E-state index in [-0.39, 0.29) is 23.1 Å². The lowest BCUT2D eigenvalue weighted by molar-refractivity contribution is -0.139. The predicted molar refractivity (Wildman–Crippen MR) is 101 cm³/mol. The summed E-state index contributed by atoms with van der Waals surface area (Å²) in [5, 5.41) is 0. The van der Waals surface area contributed by atoms with Crippen LogP contribution in [0.15, 0.2) is 21.2 Å². The molecule has 1 unspecified atom stereocenters. The van der Waals surface area contributed by atoms with Crippen molar-refractivity contribution >= 4 is 27.7 Å². The largest absolute Gasteiger partial charge is 0.444 e. The highest BCUT2D eigenvalue weighted by Gasteiger charge is 2.53. The van der Waals surface area contributed by atoms with E-state index >= 15 is 0 Å². The van der Waals surface area contributed by atoms with Crippen LogP contribution in [0.4, 0.5) is 0 Å². The zero-order valence-electron chi connectivity index (χ0n) is 15.2. The highest BCUT2D eigenvalue weighted by atomic mass is 79.9. The van der Waals surface area contributed by atoms with Gasteiger partial charge in [0.15, 0.2) is 10.4 Å². The van der Waals surface area contributed by atoms with E-state index in [9.17, 15) is 9.59 Å². The number of likely N-dealkylation sites (N-methyl/N-ethyl adjacent to an activating group) is 1. The quantitative estimate of drug-likeness (QED) is 0.732. The molecule has 7 heteroatoms. The van der Waals surface area contributed by atoms with E-state index in [0.717, 1.165) is 51.9 Å². The van der Waals surface area contributed by atoms with Gasteiger partial charge in [-0.25, -0.2) is 0 Å². The maximum Gasteiger partial charge on any atom is 0.289 e. The smallest absolute Gasteiger partial charge is 0.289 e. The number of piperazine rings is 1. The van der Waals surface area contributed by atoms with E-state index in [2.05, 4.69) is 27.9 Å². The Morgan fingerprint density at radius 2 is 1.81 bits per heavy atom. The van der Waals surface area contributed by atoms with Gasteiger partial charge in [-0.2, -0.15) is 0 Å². The number of amides is 2. The lowest BCUT2D eigenvalue weighted by atomic mass is 9.76. The van der Waals surface area contributed by atoms with Crippen LogP contribution in [0, 0.1) is 11.3 Å². The lowest BCUT2D eigenvalue weighted by Gasteiger charge is -2.37. The first-order chi connectivity index (χ1) is 12.5. The van der Waals surface area contributed by atoms with Crippen molar-refractivity contribution in [2.24, 2.45) is 11.3 Å². The van der Waals surface area contributed by atoms with Crippen LogP contribution in [0.2, 0.25) is 0 Å². The van der Waals surface area contributed by atoms with Gasteiger partial charge in [0.2, 0.25) is 5.91 Å². The van der Waals surface area contributed by atoms with Crippen LogP contribution < -0.4 is 0 Å². The van der Waals surface area contributed by atoms with Crippen LogP contribution in [0.5, 0.6) is 0 Å². The molecule has 3 heterocycles. The zero-order chi connectivity index (χ0) is 18.3. The second kappa shape index (κ2) is 7.00. The fraction of sp³-hybridized carbons (Fsp3) is 0.684. The summed E-state index contributed by atoms with van der Waals surface area (Å²) < 4.78 is 6.01. The van der Waals surface area contributed by atoms with Crippen molar-refractivity contribution in [1.82, 2.24) is 14.7 Å². The first kappa shape index (κ1) is 18.0. The molecule has 1 saturated carbocycles. The average Bonchev–Trinajstić information content (AvgIpc) is 3.36. The highest BCUT2D eigenvalue weighted by molar-refractivity contribution is 9.10. The van der Waals surface area contributed by atoms with Crippen LogP contribution in [0.25, 0.3) is 0 Å². The van der Waals surface area contributed by atoms with Crippen molar-refractivity contribution in [3.63, 3.8) is 0 Å². The minimum Gasteiger partial charge on any atom is -0.444 e. The Morgan fingerprint density at radius 3 is 2.42 bits per heavy atom. The molecular formula is C19H26BrN3O3. The molecule has 1 aliphatic carbocycles. The summed E-state index contributed by atoms with van der Waals surface area (Å²) in [4.78, 5) is 32.3. The summed E-state index contributed by atoms with van der Waals surface area (Å²) in [6.45, 7) is 4.63. The summed E-state index contributed by atoms with van der Waals surface area (Å²) in [6, 6.07) is 3.44. The van der Waals surface area contributed by atoms with Crippen LogP contribution in [-0.2, 0) is 4.79 Å². The maximum absolute atomic E-state index is 13.3. The predicted octanol–water partition coefficient (Wildman–Crippen LogP) is 2.45. The fourth-order valence-electron chi connectivity index (χ4n) is 4.88. The summed E-state index contributed by atoms with van der Waals surface area (Å²) in [7, 11) is 2.09.